The second-order valence-corrected chi connectivity index (χ2v) is 9.32. The molecule has 1 saturated heterocycles. The van der Waals surface area contributed by atoms with Crippen LogP contribution in [0.15, 0.2) is 36.7 Å². The van der Waals surface area contributed by atoms with Crippen LogP contribution in [0.3, 0.4) is 0 Å². The molecule has 1 aliphatic rings. The Morgan fingerprint density at radius 2 is 1.85 bits per heavy atom. The quantitative estimate of drug-likeness (QED) is 0.160. The van der Waals surface area contributed by atoms with Crippen LogP contribution in [0.25, 0.3) is 0 Å². The van der Waals surface area contributed by atoms with Gasteiger partial charge in [-0.2, -0.15) is 0 Å². The van der Waals surface area contributed by atoms with E-state index in [1.165, 1.54) is 27.9 Å². The lowest BCUT2D eigenvalue weighted by molar-refractivity contribution is -0.274. The van der Waals surface area contributed by atoms with Crippen molar-refractivity contribution in [1.29, 1.82) is 0 Å². The predicted octanol–water partition coefficient (Wildman–Crippen LogP) is 2.25. The maximum atomic E-state index is 13.3. The fourth-order valence-corrected chi connectivity index (χ4v) is 4.08. The summed E-state index contributed by atoms with van der Waals surface area (Å²) >= 11 is 0. The van der Waals surface area contributed by atoms with Crippen LogP contribution in [0.2, 0.25) is 0 Å². The third-order valence-electron chi connectivity index (χ3n) is 5.91. The molecule has 3 aromatic rings. The lowest BCUT2D eigenvalue weighted by atomic mass is 10.2. The first-order valence-corrected chi connectivity index (χ1v) is 12.4. The Bertz CT molecular complexity index is 1270. The lowest BCUT2D eigenvalue weighted by Crippen LogP contribution is -2.36. The number of hydrogen-bond donors (Lipinski definition) is 3. The van der Waals surface area contributed by atoms with Crippen LogP contribution in [0, 0.1) is 0 Å². The number of likely N-dealkylation sites (tertiary alicyclic amines) is 1. The van der Waals surface area contributed by atoms with Gasteiger partial charge in [-0.25, -0.2) is 8.78 Å². The summed E-state index contributed by atoms with van der Waals surface area (Å²) in [6.07, 6.45) is -1.67. The summed E-state index contributed by atoms with van der Waals surface area (Å²) in [4.78, 5) is 13.8. The molecule has 218 valence electrons. The molecule has 1 amide bonds. The zero-order valence-electron chi connectivity index (χ0n) is 21.2. The molecule has 3 heterocycles. The number of aliphatic hydroxyl groups excluding tert-OH is 1. The number of β-amino-alcohol motifs (C(OH)–C–C–N with tert-alkyl or cyclic N) is 1. The number of aryl methyl sites for hydroxylation is 2. The molecule has 0 aliphatic carbocycles. The molecule has 0 radical (unpaired) electrons. The number of hydrogen-bond acceptors (Lipinski definition) is 9. The molecule has 4 rings (SSSR count). The van der Waals surface area contributed by atoms with Gasteiger partial charge in [0, 0.05) is 39.1 Å². The number of ether oxygens (including phenoxy) is 1. The highest BCUT2D eigenvalue weighted by atomic mass is 19.4. The molecule has 40 heavy (non-hydrogen) atoms. The highest BCUT2D eigenvalue weighted by molar-refractivity contribution is 5.91. The smallest absolute Gasteiger partial charge is 0.406 e. The van der Waals surface area contributed by atoms with Gasteiger partial charge in [-0.1, -0.05) is 22.6 Å². The number of anilines is 1. The van der Waals surface area contributed by atoms with E-state index in [4.69, 9.17) is 0 Å². The van der Waals surface area contributed by atoms with Gasteiger partial charge in [-0.05, 0) is 30.5 Å². The van der Waals surface area contributed by atoms with Crippen molar-refractivity contribution in [3.63, 3.8) is 0 Å². The van der Waals surface area contributed by atoms with Gasteiger partial charge >= 0.3 is 6.36 Å². The molecule has 12 nitrogen and oxygen atoms in total. The number of aromatic nitrogens is 6. The maximum absolute atomic E-state index is 13.3. The highest BCUT2D eigenvalue weighted by Gasteiger charge is 2.38. The van der Waals surface area contributed by atoms with E-state index in [2.05, 4.69) is 36.0 Å². The molecule has 17 heteroatoms. The lowest BCUT2D eigenvalue weighted by Gasteiger charge is -2.20. The first-order chi connectivity index (χ1) is 18.9. The van der Waals surface area contributed by atoms with Crippen molar-refractivity contribution >= 4 is 11.7 Å². The zero-order valence-corrected chi connectivity index (χ0v) is 21.2. The van der Waals surface area contributed by atoms with E-state index in [1.807, 2.05) is 0 Å². The first kappa shape index (κ1) is 29.1. The zero-order chi connectivity index (χ0) is 28.8. The molecule has 1 fully saturated rings. The van der Waals surface area contributed by atoms with Gasteiger partial charge in [0.1, 0.15) is 12.0 Å². The van der Waals surface area contributed by atoms with Crippen molar-refractivity contribution in [2.45, 2.75) is 57.4 Å². The number of carbonyl (C=O) groups excluding carboxylic acids is 1. The number of benzene rings is 1. The third kappa shape index (κ3) is 9.11. The van der Waals surface area contributed by atoms with Gasteiger partial charge in [-0.15, -0.1) is 23.4 Å². The van der Waals surface area contributed by atoms with Gasteiger partial charge < -0.3 is 20.5 Å². The van der Waals surface area contributed by atoms with Crippen molar-refractivity contribution in [1.82, 2.24) is 40.2 Å². The minimum absolute atomic E-state index is 0.0271. The summed E-state index contributed by atoms with van der Waals surface area (Å²) in [6.45, 7) is 0.841. The summed E-state index contributed by atoms with van der Waals surface area (Å²) in [5.41, 5.74) is 0.477. The predicted molar refractivity (Wildman–Crippen MR) is 129 cm³/mol. The number of aliphatic hydroxyl groups is 1. The summed E-state index contributed by atoms with van der Waals surface area (Å²) < 4.78 is 70.6. The highest BCUT2D eigenvalue weighted by Crippen LogP contribution is 2.27. The molecule has 0 bridgehead atoms. The summed E-state index contributed by atoms with van der Waals surface area (Å²) in [6, 6.07) is 5.28. The SMILES string of the molecule is O=C(NCc1cccc(OC(F)(F)F)c1)c1cn(CCCCn2cc(NC(O)CN3CCC(F)(F)C3)nn2)nn1. The van der Waals surface area contributed by atoms with E-state index < -0.39 is 24.4 Å². The minimum atomic E-state index is -4.81. The van der Waals surface area contributed by atoms with Crippen molar-refractivity contribution in [2.75, 3.05) is 25.0 Å². The number of rotatable bonds is 13. The second-order valence-electron chi connectivity index (χ2n) is 9.32. The summed E-state index contributed by atoms with van der Waals surface area (Å²) in [5, 5.41) is 31.1. The maximum Gasteiger partial charge on any atom is 0.573 e. The second kappa shape index (κ2) is 12.5. The molecular formula is C23H28F5N9O3. The molecule has 0 spiro atoms. The van der Waals surface area contributed by atoms with Gasteiger partial charge in [0.15, 0.2) is 11.5 Å². The number of nitrogens with zero attached hydrogens (tertiary/aromatic N) is 7. The Hall–Kier alpha value is -3.86. The fraction of sp³-hybridized carbons (Fsp3) is 0.522. The first-order valence-electron chi connectivity index (χ1n) is 12.4. The van der Waals surface area contributed by atoms with E-state index in [-0.39, 0.29) is 44.0 Å². The number of unbranched alkanes of at least 4 members (excludes halogenated alkanes) is 1. The van der Waals surface area contributed by atoms with E-state index in [1.54, 1.807) is 16.9 Å². The van der Waals surface area contributed by atoms with Crippen LogP contribution in [0.4, 0.5) is 27.8 Å². The van der Waals surface area contributed by atoms with Crippen LogP contribution in [-0.2, 0) is 19.6 Å². The average molecular weight is 574 g/mol. The van der Waals surface area contributed by atoms with Gasteiger partial charge in [0.25, 0.3) is 11.8 Å². The third-order valence-corrected chi connectivity index (χ3v) is 5.91. The topological polar surface area (TPSA) is 135 Å². The molecular weight excluding hydrogens is 545 g/mol. The van der Waals surface area contributed by atoms with Crippen LogP contribution in [-0.4, -0.2) is 84.0 Å². The van der Waals surface area contributed by atoms with Crippen LogP contribution < -0.4 is 15.4 Å². The fourth-order valence-electron chi connectivity index (χ4n) is 4.08. The summed E-state index contributed by atoms with van der Waals surface area (Å²) in [5.74, 6) is -3.31. The molecule has 2 aromatic heterocycles. The van der Waals surface area contributed by atoms with Crippen molar-refractivity contribution < 1.29 is 36.6 Å². The van der Waals surface area contributed by atoms with Crippen LogP contribution in [0.1, 0.15) is 35.3 Å². The Kier molecular flexibility index (Phi) is 9.14. The largest absolute Gasteiger partial charge is 0.573 e. The average Bonchev–Trinajstić information content (AvgIpc) is 3.60. The number of nitrogens with one attached hydrogen (secondary N) is 2. The molecule has 1 atom stereocenters. The molecule has 0 saturated carbocycles. The van der Waals surface area contributed by atoms with E-state index in [0.717, 1.165) is 6.07 Å². The Morgan fingerprint density at radius 3 is 2.55 bits per heavy atom. The van der Waals surface area contributed by atoms with E-state index in [9.17, 15) is 31.9 Å². The van der Waals surface area contributed by atoms with Crippen molar-refractivity contribution in [2.24, 2.45) is 0 Å². The number of amides is 1. The Labute approximate surface area is 225 Å². The Balaban J connectivity index is 1.14. The number of alkyl halides is 5. The van der Waals surface area contributed by atoms with Gasteiger partial charge in [0.05, 0.1) is 18.9 Å². The van der Waals surface area contributed by atoms with E-state index >= 15 is 0 Å². The van der Waals surface area contributed by atoms with Gasteiger partial charge in [0.2, 0.25) is 0 Å². The van der Waals surface area contributed by atoms with Crippen LogP contribution >= 0.6 is 0 Å². The summed E-state index contributed by atoms with van der Waals surface area (Å²) in [7, 11) is 0. The standard InChI is InChI=1S/C23H28F5N9O3/c24-22(25)6-9-35(15-22)14-20(38)30-19-13-37(34-32-19)8-2-1-7-36-12-18(31-33-36)21(39)29-11-16-4-3-5-17(10-16)40-23(26,27)28/h3-5,10,12-13,20,30,38H,1-2,6-9,11,14-15H2,(H,29,39). The molecule has 1 aliphatic heterocycles. The van der Waals surface area contributed by atoms with Crippen molar-refractivity contribution in [3.8, 4) is 5.75 Å². The van der Waals surface area contributed by atoms with Crippen molar-refractivity contribution in [3.05, 3.63) is 47.9 Å². The van der Waals surface area contributed by atoms with Gasteiger partial charge in [-0.3, -0.25) is 19.1 Å². The van der Waals surface area contributed by atoms with Crippen LogP contribution in [0.5, 0.6) is 5.75 Å². The van der Waals surface area contributed by atoms with E-state index in [0.29, 0.717) is 37.3 Å². The molecule has 1 aromatic carbocycles. The normalized spacial score (nSPS) is 16.1. The number of halogens is 5. The molecule has 1 unspecified atom stereocenters. The minimum Gasteiger partial charge on any atom is -0.406 e. The molecule has 3 N–H and O–H groups in total. The monoisotopic (exact) mass is 573 g/mol. The number of carbonyl (C=O) groups is 1. The Morgan fingerprint density at radius 1 is 1.12 bits per heavy atom.